The molecule has 1 unspecified atom stereocenters. The van der Waals surface area contributed by atoms with Crippen LogP contribution in [0.2, 0.25) is 0 Å². The van der Waals surface area contributed by atoms with Crippen LogP contribution >= 0.6 is 0 Å². The first-order chi connectivity index (χ1) is 11.1. The van der Waals surface area contributed by atoms with Crippen LogP contribution in [0, 0.1) is 0 Å². The molecule has 0 aliphatic rings. The molecule has 0 aliphatic carbocycles. The third-order valence-electron chi connectivity index (χ3n) is 3.63. The number of primary amides is 1. The Morgan fingerprint density at radius 3 is 2.48 bits per heavy atom. The summed E-state index contributed by atoms with van der Waals surface area (Å²) in [5.41, 5.74) is 6.81. The van der Waals surface area contributed by atoms with Gasteiger partial charge in [-0.1, -0.05) is 38.3 Å². The van der Waals surface area contributed by atoms with Crippen LogP contribution in [0.15, 0.2) is 29.3 Å². The largest absolute Gasteiger partial charge is 0.366 e. The molecule has 0 fully saturated rings. The van der Waals surface area contributed by atoms with E-state index < -0.39 is 5.91 Å². The smallest absolute Gasteiger partial charge is 0.248 e. The fourth-order valence-corrected chi connectivity index (χ4v) is 2.27. The van der Waals surface area contributed by atoms with Crippen LogP contribution in [0.4, 0.5) is 0 Å². The van der Waals surface area contributed by atoms with Gasteiger partial charge in [0.25, 0.3) is 0 Å². The van der Waals surface area contributed by atoms with Gasteiger partial charge in [-0.05, 0) is 38.0 Å². The molecule has 1 amide bonds. The number of rotatable bonds is 9. The number of nitrogens with zero attached hydrogens (tertiary/aromatic N) is 1. The zero-order chi connectivity index (χ0) is 17.1. The predicted molar refractivity (Wildman–Crippen MR) is 96.5 cm³/mol. The van der Waals surface area contributed by atoms with Crippen LogP contribution in [-0.2, 0) is 6.54 Å². The number of nitrogens with two attached hydrogens (primary N) is 1. The maximum Gasteiger partial charge on any atom is 0.248 e. The van der Waals surface area contributed by atoms with Crippen molar-refractivity contribution in [3.05, 3.63) is 35.4 Å². The van der Waals surface area contributed by atoms with Gasteiger partial charge in [0.2, 0.25) is 5.91 Å². The second kappa shape index (κ2) is 10.6. The Kier molecular flexibility index (Phi) is 8.80. The van der Waals surface area contributed by atoms with Gasteiger partial charge in [0.05, 0.1) is 6.54 Å². The number of benzene rings is 1. The maximum absolute atomic E-state index is 11.1. The Labute approximate surface area is 139 Å². The van der Waals surface area contributed by atoms with Gasteiger partial charge in [0, 0.05) is 18.2 Å². The van der Waals surface area contributed by atoms with Crippen LogP contribution in [0.5, 0.6) is 0 Å². The number of nitrogens with one attached hydrogen (secondary N) is 2. The molecule has 0 heterocycles. The van der Waals surface area contributed by atoms with Crippen molar-refractivity contribution in [3.8, 4) is 0 Å². The van der Waals surface area contributed by atoms with Crippen LogP contribution < -0.4 is 16.4 Å². The molecular formula is C18H30N4O. The number of hydrogen-bond donors (Lipinski definition) is 3. The minimum atomic E-state index is -0.407. The highest BCUT2D eigenvalue weighted by molar-refractivity contribution is 5.92. The molecule has 128 valence electrons. The number of hydrogen-bond acceptors (Lipinski definition) is 2. The van der Waals surface area contributed by atoms with Gasteiger partial charge < -0.3 is 16.4 Å². The number of carbonyl (C=O) groups is 1. The number of unbranched alkanes of at least 4 members (excludes halogenated alkanes) is 2. The summed E-state index contributed by atoms with van der Waals surface area (Å²) in [6.07, 6.45) is 4.89. The molecule has 1 aromatic carbocycles. The fraction of sp³-hybridized carbons (Fsp3) is 0.556. The van der Waals surface area contributed by atoms with Crippen LogP contribution in [0.25, 0.3) is 0 Å². The second-order valence-electron chi connectivity index (χ2n) is 5.80. The van der Waals surface area contributed by atoms with Crippen LogP contribution in [-0.4, -0.2) is 24.5 Å². The van der Waals surface area contributed by atoms with Crippen molar-refractivity contribution in [2.45, 2.75) is 59.0 Å². The molecule has 0 spiro atoms. The SMILES string of the molecule is CCCCCC(C)NC(=NCc1ccc(C(N)=O)cc1)NCC. The predicted octanol–water partition coefficient (Wildman–Crippen LogP) is 2.81. The highest BCUT2D eigenvalue weighted by atomic mass is 16.1. The Balaban J connectivity index is 2.58. The lowest BCUT2D eigenvalue weighted by Crippen LogP contribution is -2.42. The molecule has 5 heteroatoms. The lowest BCUT2D eigenvalue weighted by atomic mass is 10.1. The normalized spacial score (nSPS) is 12.7. The monoisotopic (exact) mass is 318 g/mol. The maximum atomic E-state index is 11.1. The summed E-state index contributed by atoms with van der Waals surface area (Å²) in [5.74, 6) is 0.423. The van der Waals surface area contributed by atoms with E-state index in [0.29, 0.717) is 18.2 Å². The van der Waals surface area contributed by atoms with E-state index in [1.165, 1.54) is 19.3 Å². The molecule has 0 saturated carbocycles. The van der Waals surface area contributed by atoms with Gasteiger partial charge in [-0.15, -0.1) is 0 Å². The molecule has 4 N–H and O–H groups in total. The molecule has 0 aromatic heterocycles. The average Bonchev–Trinajstić information content (AvgIpc) is 2.53. The summed E-state index contributed by atoms with van der Waals surface area (Å²) in [7, 11) is 0. The summed E-state index contributed by atoms with van der Waals surface area (Å²) in [5, 5.41) is 6.71. The number of carbonyl (C=O) groups excluding carboxylic acids is 1. The van der Waals surface area contributed by atoms with Crippen LogP contribution in [0.3, 0.4) is 0 Å². The Bertz CT molecular complexity index is 496. The third kappa shape index (κ3) is 7.68. The summed E-state index contributed by atoms with van der Waals surface area (Å²) < 4.78 is 0. The number of amides is 1. The Morgan fingerprint density at radius 1 is 1.22 bits per heavy atom. The van der Waals surface area contributed by atoms with Crippen molar-refractivity contribution in [2.75, 3.05) is 6.54 Å². The highest BCUT2D eigenvalue weighted by Gasteiger charge is 2.05. The van der Waals surface area contributed by atoms with Crippen molar-refractivity contribution in [2.24, 2.45) is 10.7 Å². The first-order valence-electron chi connectivity index (χ1n) is 8.50. The molecule has 1 aromatic rings. The Morgan fingerprint density at radius 2 is 1.91 bits per heavy atom. The van der Waals surface area contributed by atoms with E-state index in [4.69, 9.17) is 5.73 Å². The average molecular weight is 318 g/mol. The van der Waals surface area contributed by atoms with Gasteiger partial charge in [-0.3, -0.25) is 4.79 Å². The van der Waals surface area contributed by atoms with E-state index in [-0.39, 0.29) is 0 Å². The van der Waals surface area contributed by atoms with E-state index in [1.54, 1.807) is 12.1 Å². The van der Waals surface area contributed by atoms with Crippen LogP contribution in [0.1, 0.15) is 62.4 Å². The molecule has 1 rings (SSSR count). The van der Waals surface area contributed by atoms with Crippen molar-refractivity contribution in [3.63, 3.8) is 0 Å². The van der Waals surface area contributed by atoms with Gasteiger partial charge >= 0.3 is 0 Å². The van der Waals surface area contributed by atoms with E-state index in [9.17, 15) is 4.79 Å². The first kappa shape index (κ1) is 19.0. The molecule has 0 radical (unpaired) electrons. The molecule has 0 aliphatic heterocycles. The van der Waals surface area contributed by atoms with Gasteiger partial charge in [0.1, 0.15) is 0 Å². The molecule has 0 saturated heterocycles. The third-order valence-corrected chi connectivity index (χ3v) is 3.63. The first-order valence-corrected chi connectivity index (χ1v) is 8.50. The van der Waals surface area contributed by atoms with E-state index in [1.807, 2.05) is 12.1 Å². The number of guanidine groups is 1. The summed E-state index contributed by atoms with van der Waals surface area (Å²) >= 11 is 0. The highest BCUT2D eigenvalue weighted by Crippen LogP contribution is 2.06. The minimum absolute atomic E-state index is 0.400. The molecule has 1 atom stereocenters. The van der Waals surface area contributed by atoms with E-state index in [0.717, 1.165) is 24.5 Å². The Hall–Kier alpha value is -2.04. The molecule has 5 nitrogen and oxygen atoms in total. The van der Waals surface area contributed by atoms with E-state index in [2.05, 4.69) is 36.4 Å². The summed E-state index contributed by atoms with van der Waals surface area (Å²) in [6.45, 7) is 7.85. The summed E-state index contributed by atoms with van der Waals surface area (Å²) in [6, 6.07) is 7.65. The second-order valence-corrected chi connectivity index (χ2v) is 5.80. The molecular weight excluding hydrogens is 288 g/mol. The van der Waals surface area contributed by atoms with Crippen molar-refractivity contribution >= 4 is 11.9 Å². The zero-order valence-electron chi connectivity index (χ0n) is 14.6. The quantitative estimate of drug-likeness (QED) is 0.372. The minimum Gasteiger partial charge on any atom is -0.366 e. The van der Waals surface area contributed by atoms with Gasteiger partial charge in [-0.2, -0.15) is 0 Å². The lowest BCUT2D eigenvalue weighted by Gasteiger charge is -2.17. The summed E-state index contributed by atoms with van der Waals surface area (Å²) in [4.78, 5) is 15.7. The molecule has 23 heavy (non-hydrogen) atoms. The zero-order valence-corrected chi connectivity index (χ0v) is 14.6. The van der Waals surface area contributed by atoms with E-state index >= 15 is 0 Å². The topological polar surface area (TPSA) is 79.5 Å². The molecule has 0 bridgehead atoms. The fourth-order valence-electron chi connectivity index (χ4n) is 2.27. The standard InChI is InChI=1S/C18H30N4O/c1-4-6-7-8-14(3)22-18(20-5-2)21-13-15-9-11-16(12-10-15)17(19)23/h9-12,14H,4-8,13H2,1-3H3,(H2,19,23)(H2,20,21,22). The van der Waals surface area contributed by atoms with Crippen molar-refractivity contribution in [1.29, 1.82) is 0 Å². The van der Waals surface area contributed by atoms with Crippen molar-refractivity contribution in [1.82, 2.24) is 10.6 Å². The lowest BCUT2D eigenvalue weighted by molar-refractivity contribution is 0.100. The van der Waals surface area contributed by atoms with Crippen molar-refractivity contribution < 1.29 is 4.79 Å². The van der Waals surface area contributed by atoms with Gasteiger partial charge in [0.15, 0.2) is 5.96 Å². The number of aliphatic imine (C=N–C) groups is 1. The van der Waals surface area contributed by atoms with Gasteiger partial charge in [-0.25, -0.2) is 4.99 Å².